The fourth-order valence-corrected chi connectivity index (χ4v) is 5.62. The maximum absolute atomic E-state index is 13.5. The summed E-state index contributed by atoms with van der Waals surface area (Å²) >= 11 is 1.50. The van der Waals surface area contributed by atoms with Crippen LogP contribution in [0.15, 0.2) is 27.8 Å². The molecule has 0 spiro atoms. The zero-order valence-electron chi connectivity index (χ0n) is 17.9. The minimum absolute atomic E-state index is 0.0540. The van der Waals surface area contributed by atoms with Crippen LogP contribution in [0.5, 0.6) is 0 Å². The van der Waals surface area contributed by atoms with E-state index in [0.29, 0.717) is 29.0 Å². The van der Waals surface area contributed by atoms with Crippen molar-refractivity contribution in [2.24, 2.45) is 0 Å². The predicted molar refractivity (Wildman–Crippen MR) is 121 cm³/mol. The van der Waals surface area contributed by atoms with Crippen molar-refractivity contribution in [3.8, 4) is 5.69 Å². The van der Waals surface area contributed by atoms with Crippen LogP contribution in [0, 0.1) is 13.8 Å². The molecular formula is C23H27N3O3S. The number of hydrogen-bond acceptors (Lipinski definition) is 4. The molecule has 1 aromatic carbocycles. The van der Waals surface area contributed by atoms with Gasteiger partial charge < -0.3 is 4.90 Å². The first-order chi connectivity index (χ1) is 14.4. The van der Waals surface area contributed by atoms with Gasteiger partial charge in [0.25, 0.3) is 5.56 Å². The van der Waals surface area contributed by atoms with E-state index >= 15 is 0 Å². The van der Waals surface area contributed by atoms with E-state index < -0.39 is 5.69 Å². The molecule has 158 valence electrons. The van der Waals surface area contributed by atoms with Gasteiger partial charge in [0.2, 0.25) is 5.91 Å². The molecule has 0 atom stereocenters. The van der Waals surface area contributed by atoms with Gasteiger partial charge >= 0.3 is 5.69 Å². The summed E-state index contributed by atoms with van der Waals surface area (Å²) in [7, 11) is 0. The van der Waals surface area contributed by atoms with E-state index in [2.05, 4.69) is 0 Å². The highest BCUT2D eigenvalue weighted by molar-refractivity contribution is 7.19. The summed E-state index contributed by atoms with van der Waals surface area (Å²) in [6.07, 6.45) is 2.80. The molecule has 0 radical (unpaired) electrons. The number of aromatic nitrogens is 2. The van der Waals surface area contributed by atoms with Crippen molar-refractivity contribution in [1.82, 2.24) is 14.0 Å². The number of fused-ring (bicyclic) bond motifs is 3. The van der Waals surface area contributed by atoms with E-state index in [1.54, 1.807) is 11.0 Å². The fraction of sp³-hybridized carbons (Fsp3) is 0.435. The van der Waals surface area contributed by atoms with Gasteiger partial charge in [-0.3, -0.25) is 14.2 Å². The van der Waals surface area contributed by atoms with Crippen LogP contribution in [-0.4, -0.2) is 33.0 Å². The Hall–Kier alpha value is -2.67. The molecule has 4 rings (SSSR count). The first-order valence-corrected chi connectivity index (χ1v) is 11.3. The van der Waals surface area contributed by atoms with E-state index in [9.17, 15) is 14.4 Å². The fourth-order valence-electron chi connectivity index (χ4n) is 4.25. The number of nitrogens with zero attached hydrogens (tertiary/aromatic N) is 3. The molecule has 0 unspecified atom stereocenters. The van der Waals surface area contributed by atoms with Gasteiger partial charge in [-0.15, -0.1) is 11.3 Å². The lowest BCUT2D eigenvalue weighted by molar-refractivity contribution is -0.131. The van der Waals surface area contributed by atoms with Crippen molar-refractivity contribution in [3.05, 3.63) is 60.6 Å². The van der Waals surface area contributed by atoms with Gasteiger partial charge in [0.15, 0.2) is 0 Å². The van der Waals surface area contributed by atoms with Gasteiger partial charge in [-0.1, -0.05) is 6.07 Å². The summed E-state index contributed by atoms with van der Waals surface area (Å²) in [5.74, 6) is -0.109. The quantitative estimate of drug-likeness (QED) is 0.631. The van der Waals surface area contributed by atoms with Crippen LogP contribution in [0.3, 0.4) is 0 Å². The van der Waals surface area contributed by atoms with Gasteiger partial charge in [0, 0.05) is 18.0 Å². The minimum atomic E-state index is -0.448. The second-order valence-corrected chi connectivity index (χ2v) is 8.96. The number of carbonyl (C=O) groups excluding carboxylic acids is 1. The highest BCUT2D eigenvalue weighted by atomic mass is 32.1. The molecule has 0 bridgehead atoms. The second-order valence-electron chi connectivity index (χ2n) is 7.88. The molecule has 7 heteroatoms. The van der Waals surface area contributed by atoms with Gasteiger partial charge in [-0.25, -0.2) is 9.36 Å². The van der Waals surface area contributed by atoms with Gasteiger partial charge in [0.1, 0.15) is 11.4 Å². The van der Waals surface area contributed by atoms with Gasteiger partial charge in [-0.2, -0.15) is 0 Å². The number of thiophene rings is 1. The number of likely N-dealkylation sites (N-methyl/N-ethyl adjacent to an activating group) is 1. The molecule has 0 saturated carbocycles. The molecular weight excluding hydrogens is 398 g/mol. The van der Waals surface area contributed by atoms with Crippen molar-refractivity contribution < 1.29 is 4.79 Å². The maximum Gasteiger partial charge on any atom is 0.337 e. The molecule has 2 aromatic heterocycles. The standard InChI is InChI=1S/C23H27N3O3S/c1-5-24(6-2)19(27)13-25-22-20(17-8-7-9-18(17)30-22)21(28)26(23(25)29)16-11-10-14(3)15(4)12-16/h10-12H,5-9,13H2,1-4H3. The average molecular weight is 426 g/mol. The Labute approximate surface area is 179 Å². The Kier molecular flexibility index (Phi) is 5.40. The van der Waals surface area contributed by atoms with Gasteiger partial charge in [0.05, 0.1) is 11.1 Å². The van der Waals surface area contributed by atoms with E-state index in [1.165, 1.54) is 25.3 Å². The topological polar surface area (TPSA) is 64.3 Å². The lowest BCUT2D eigenvalue weighted by Gasteiger charge is -2.20. The number of amides is 1. The van der Waals surface area contributed by atoms with E-state index in [1.807, 2.05) is 39.8 Å². The normalized spacial score (nSPS) is 13.1. The van der Waals surface area contributed by atoms with E-state index in [4.69, 9.17) is 0 Å². The SMILES string of the molecule is CCN(CC)C(=O)Cn1c(=O)n(-c2ccc(C)c(C)c2)c(=O)c2c3c(sc21)CCC3. The molecule has 0 saturated heterocycles. The molecule has 30 heavy (non-hydrogen) atoms. The Morgan fingerprint density at radius 3 is 2.50 bits per heavy atom. The largest absolute Gasteiger partial charge is 0.342 e. The molecule has 1 aliphatic carbocycles. The van der Waals surface area contributed by atoms with Crippen molar-refractivity contribution in [2.75, 3.05) is 13.1 Å². The van der Waals surface area contributed by atoms with Crippen molar-refractivity contribution in [2.45, 2.75) is 53.5 Å². The molecule has 0 N–H and O–H groups in total. The Bertz CT molecular complexity index is 1260. The zero-order valence-corrected chi connectivity index (χ0v) is 18.8. The Morgan fingerprint density at radius 2 is 1.83 bits per heavy atom. The number of benzene rings is 1. The number of rotatable bonds is 5. The Balaban J connectivity index is 2.01. The third-order valence-corrected chi connectivity index (χ3v) is 7.46. The lowest BCUT2D eigenvalue weighted by atomic mass is 10.1. The smallest absolute Gasteiger partial charge is 0.337 e. The third kappa shape index (κ3) is 3.21. The van der Waals surface area contributed by atoms with Crippen LogP contribution in [0.25, 0.3) is 15.9 Å². The van der Waals surface area contributed by atoms with Crippen molar-refractivity contribution in [1.29, 1.82) is 0 Å². The number of carbonyl (C=O) groups is 1. The van der Waals surface area contributed by atoms with Crippen LogP contribution < -0.4 is 11.2 Å². The second kappa shape index (κ2) is 7.87. The molecule has 0 fully saturated rings. The number of aryl methyl sites for hydroxylation is 4. The highest BCUT2D eigenvalue weighted by Gasteiger charge is 2.26. The first kappa shape index (κ1) is 20.6. The van der Waals surface area contributed by atoms with Crippen LogP contribution in [-0.2, 0) is 24.2 Å². The summed E-state index contributed by atoms with van der Waals surface area (Å²) in [5.41, 5.74) is 3.00. The highest BCUT2D eigenvalue weighted by Crippen LogP contribution is 2.35. The maximum atomic E-state index is 13.5. The van der Waals surface area contributed by atoms with Crippen molar-refractivity contribution >= 4 is 27.5 Å². The molecule has 0 aliphatic heterocycles. The van der Waals surface area contributed by atoms with Crippen LogP contribution in [0.2, 0.25) is 0 Å². The van der Waals surface area contributed by atoms with E-state index in [0.717, 1.165) is 36.0 Å². The summed E-state index contributed by atoms with van der Waals surface area (Å²) in [6.45, 7) is 8.94. The molecule has 6 nitrogen and oxygen atoms in total. The number of hydrogen-bond donors (Lipinski definition) is 0. The first-order valence-electron chi connectivity index (χ1n) is 10.5. The molecule has 3 aromatic rings. The average Bonchev–Trinajstić information content (AvgIpc) is 3.30. The van der Waals surface area contributed by atoms with Gasteiger partial charge in [-0.05, 0) is 75.8 Å². The van der Waals surface area contributed by atoms with E-state index in [-0.39, 0.29) is 18.0 Å². The summed E-state index contributed by atoms with van der Waals surface area (Å²) < 4.78 is 2.76. The Morgan fingerprint density at radius 1 is 1.10 bits per heavy atom. The summed E-state index contributed by atoms with van der Waals surface area (Å²) in [6, 6.07) is 5.59. The van der Waals surface area contributed by atoms with Crippen molar-refractivity contribution in [3.63, 3.8) is 0 Å². The third-order valence-electron chi connectivity index (χ3n) is 6.15. The molecule has 1 aliphatic rings. The lowest BCUT2D eigenvalue weighted by Crippen LogP contribution is -2.42. The monoisotopic (exact) mass is 425 g/mol. The zero-order chi connectivity index (χ0) is 21.6. The summed E-state index contributed by atoms with van der Waals surface area (Å²) in [4.78, 5) is 43.4. The predicted octanol–water partition coefficient (Wildman–Crippen LogP) is 3.19. The van der Waals surface area contributed by atoms with Crippen LogP contribution in [0.1, 0.15) is 41.8 Å². The summed E-state index contributed by atoms with van der Waals surface area (Å²) in [5, 5.41) is 0.609. The van der Waals surface area contributed by atoms with Crippen LogP contribution in [0.4, 0.5) is 0 Å². The minimum Gasteiger partial charge on any atom is -0.342 e. The van der Waals surface area contributed by atoms with Crippen LogP contribution >= 0.6 is 11.3 Å². The molecule has 1 amide bonds. The molecule has 2 heterocycles.